The van der Waals surface area contributed by atoms with Crippen molar-refractivity contribution in [1.29, 1.82) is 0 Å². The summed E-state index contributed by atoms with van der Waals surface area (Å²) in [7, 11) is -2.35. The van der Waals surface area contributed by atoms with Crippen LogP contribution >= 0.6 is 23.2 Å². The van der Waals surface area contributed by atoms with E-state index >= 15 is 0 Å². The highest BCUT2D eigenvalue weighted by Crippen LogP contribution is 2.33. The van der Waals surface area contributed by atoms with Gasteiger partial charge in [0, 0.05) is 12.6 Å². The van der Waals surface area contributed by atoms with Crippen molar-refractivity contribution in [2.75, 3.05) is 24.2 Å². The molecule has 2 aromatic carbocycles. The maximum Gasteiger partial charge on any atom is 0.244 e. The summed E-state index contributed by atoms with van der Waals surface area (Å²) in [4.78, 5) is 28.1. The summed E-state index contributed by atoms with van der Waals surface area (Å²) in [6, 6.07) is 10.9. The smallest absolute Gasteiger partial charge is 0.244 e. The van der Waals surface area contributed by atoms with E-state index in [1.165, 1.54) is 17.0 Å². The molecule has 8 nitrogen and oxygen atoms in total. The molecule has 2 amide bonds. The predicted molar refractivity (Wildman–Crippen MR) is 142 cm³/mol. The average molecular weight is 557 g/mol. The van der Waals surface area contributed by atoms with Gasteiger partial charge in [-0.3, -0.25) is 13.9 Å². The van der Waals surface area contributed by atoms with Gasteiger partial charge in [0.25, 0.3) is 0 Å². The van der Waals surface area contributed by atoms with E-state index in [9.17, 15) is 18.0 Å². The van der Waals surface area contributed by atoms with E-state index < -0.39 is 28.5 Å². The SMILES string of the molecule is COc1ccc(CN(C(=O)CN(c2cccc(Cl)c2Cl)S(C)(=O)=O)[C@H](C)C(=O)NC2CCCC2)cc1. The van der Waals surface area contributed by atoms with Crippen LogP contribution in [0.3, 0.4) is 0 Å². The zero-order valence-electron chi connectivity index (χ0n) is 20.5. The van der Waals surface area contributed by atoms with Crippen LogP contribution in [0.25, 0.3) is 0 Å². The van der Waals surface area contributed by atoms with Gasteiger partial charge in [-0.25, -0.2) is 8.42 Å². The summed E-state index contributed by atoms with van der Waals surface area (Å²) in [6.07, 6.45) is 4.90. The fraction of sp³-hybridized carbons (Fsp3) is 0.440. The van der Waals surface area contributed by atoms with Crippen molar-refractivity contribution in [3.05, 3.63) is 58.1 Å². The average Bonchev–Trinajstić information content (AvgIpc) is 3.35. The van der Waals surface area contributed by atoms with E-state index in [4.69, 9.17) is 27.9 Å². The van der Waals surface area contributed by atoms with Gasteiger partial charge >= 0.3 is 0 Å². The number of rotatable bonds is 10. The maximum absolute atomic E-state index is 13.6. The Hall–Kier alpha value is -2.49. The van der Waals surface area contributed by atoms with E-state index in [1.54, 1.807) is 44.4 Å². The number of amides is 2. The van der Waals surface area contributed by atoms with Crippen molar-refractivity contribution in [1.82, 2.24) is 10.2 Å². The number of anilines is 1. The van der Waals surface area contributed by atoms with Crippen molar-refractivity contribution < 1.29 is 22.7 Å². The van der Waals surface area contributed by atoms with Gasteiger partial charge in [-0.15, -0.1) is 0 Å². The molecular formula is C25H31Cl2N3O5S. The molecule has 3 rings (SSSR count). The highest BCUT2D eigenvalue weighted by atomic mass is 35.5. The van der Waals surface area contributed by atoms with Gasteiger partial charge in [-0.2, -0.15) is 0 Å². The van der Waals surface area contributed by atoms with E-state index in [2.05, 4.69) is 5.32 Å². The Bertz CT molecular complexity index is 1180. The largest absolute Gasteiger partial charge is 0.497 e. The van der Waals surface area contributed by atoms with Gasteiger partial charge in [0.05, 0.1) is 29.1 Å². The molecule has 1 saturated carbocycles. The topological polar surface area (TPSA) is 96.0 Å². The molecule has 0 aliphatic heterocycles. The third-order valence-corrected chi connectivity index (χ3v) is 8.20. The molecule has 1 fully saturated rings. The lowest BCUT2D eigenvalue weighted by Gasteiger charge is -2.32. The van der Waals surface area contributed by atoms with Gasteiger partial charge in [0.2, 0.25) is 21.8 Å². The first-order chi connectivity index (χ1) is 17.0. The highest BCUT2D eigenvalue weighted by molar-refractivity contribution is 7.92. The van der Waals surface area contributed by atoms with Crippen molar-refractivity contribution in [2.24, 2.45) is 0 Å². The monoisotopic (exact) mass is 555 g/mol. The molecular weight excluding hydrogens is 525 g/mol. The van der Waals surface area contributed by atoms with Crippen LogP contribution in [-0.2, 0) is 26.2 Å². The molecule has 2 aromatic rings. The fourth-order valence-corrected chi connectivity index (χ4v) is 5.48. The fourth-order valence-electron chi connectivity index (χ4n) is 4.18. The second kappa shape index (κ2) is 12.2. The molecule has 0 saturated heterocycles. The van der Waals surface area contributed by atoms with Gasteiger partial charge in [0.1, 0.15) is 18.3 Å². The molecule has 0 radical (unpaired) electrons. The number of hydrogen-bond donors (Lipinski definition) is 1. The van der Waals surface area contributed by atoms with Crippen LogP contribution in [0.2, 0.25) is 10.0 Å². The predicted octanol–water partition coefficient (Wildman–Crippen LogP) is 4.24. The summed E-state index contributed by atoms with van der Waals surface area (Å²) in [5, 5.41) is 3.21. The number of nitrogens with one attached hydrogen (secondary N) is 1. The molecule has 0 spiro atoms. The molecule has 0 heterocycles. The van der Waals surface area contributed by atoms with E-state index in [0.717, 1.165) is 41.8 Å². The highest BCUT2D eigenvalue weighted by Gasteiger charge is 2.32. The lowest BCUT2D eigenvalue weighted by atomic mass is 10.1. The molecule has 11 heteroatoms. The minimum absolute atomic E-state index is 0.0196. The Morgan fingerprint density at radius 3 is 2.33 bits per heavy atom. The standard InChI is InChI=1S/C25H31Cl2N3O5S/c1-17(25(32)28-19-7-4-5-8-19)29(15-18-11-13-20(35-2)14-12-18)23(31)16-30(36(3,33)34)22-10-6-9-21(26)24(22)27/h6,9-14,17,19H,4-5,7-8,15-16H2,1-3H3,(H,28,32)/t17-/m1/s1. The molecule has 1 aliphatic rings. The Labute approximate surface area is 222 Å². The minimum Gasteiger partial charge on any atom is -0.497 e. The Balaban J connectivity index is 1.90. The molecule has 196 valence electrons. The number of carbonyl (C=O) groups is 2. The second-order valence-electron chi connectivity index (χ2n) is 8.88. The van der Waals surface area contributed by atoms with Crippen molar-refractivity contribution in [3.63, 3.8) is 0 Å². The minimum atomic E-state index is -3.91. The molecule has 1 atom stereocenters. The lowest BCUT2D eigenvalue weighted by Crippen LogP contribution is -2.52. The summed E-state index contributed by atoms with van der Waals surface area (Å²) in [5.74, 6) is -0.181. The third kappa shape index (κ3) is 7.05. The van der Waals surface area contributed by atoms with Gasteiger partial charge in [-0.1, -0.05) is 54.2 Å². The zero-order chi connectivity index (χ0) is 26.5. The molecule has 0 unspecified atom stereocenters. The number of hydrogen-bond acceptors (Lipinski definition) is 5. The van der Waals surface area contributed by atoms with Crippen molar-refractivity contribution in [2.45, 2.75) is 51.2 Å². The molecule has 1 aliphatic carbocycles. The number of nitrogens with zero attached hydrogens (tertiary/aromatic N) is 2. The van der Waals surface area contributed by atoms with Crippen LogP contribution in [0.5, 0.6) is 5.75 Å². The number of methoxy groups -OCH3 is 1. The summed E-state index contributed by atoms with van der Waals surface area (Å²) >= 11 is 12.4. The van der Waals surface area contributed by atoms with Crippen molar-refractivity contribution >= 4 is 50.7 Å². The van der Waals surface area contributed by atoms with Crippen LogP contribution in [0.15, 0.2) is 42.5 Å². The first-order valence-corrected chi connectivity index (χ1v) is 14.3. The first-order valence-electron chi connectivity index (χ1n) is 11.7. The van der Waals surface area contributed by atoms with Crippen LogP contribution in [0.4, 0.5) is 5.69 Å². The number of ether oxygens (including phenoxy) is 1. The van der Waals surface area contributed by atoms with E-state index in [-0.39, 0.29) is 34.2 Å². The third-order valence-electron chi connectivity index (χ3n) is 6.26. The first kappa shape index (κ1) is 28.1. The second-order valence-corrected chi connectivity index (χ2v) is 11.6. The van der Waals surface area contributed by atoms with Crippen LogP contribution in [-0.4, -0.2) is 57.1 Å². The maximum atomic E-state index is 13.6. The van der Waals surface area contributed by atoms with Crippen LogP contribution in [0.1, 0.15) is 38.2 Å². The van der Waals surface area contributed by atoms with Crippen molar-refractivity contribution in [3.8, 4) is 5.75 Å². The van der Waals surface area contributed by atoms with E-state index in [0.29, 0.717) is 5.75 Å². The number of carbonyl (C=O) groups excluding carboxylic acids is 2. The Morgan fingerprint density at radius 2 is 1.75 bits per heavy atom. The molecule has 1 N–H and O–H groups in total. The quantitative estimate of drug-likeness (QED) is 0.472. The number of halogens is 2. The number of sulfonamides is 1. The summed E-state index contributed by atoms with van der Waals surface area (Å²) < 4.78 is 31.5. The molecule has 0 aromatic heterocycles. The number of benzene rings is 2. The normalized spacial score (nSPS) is 14.8. The molecule has 36 heavy (non-hydrogen) atoms. The summed E-state index contributed by atoms with van der Waals surface area (Å²) in [6.45, 7) is 1.20. The Kier molecular flexibility index (Phi) is 9.49. The van der Waals surface area contributed by atoms with Gasteiger partial charge in [-0.05, 0) is 49.6 Å². The Morgan fingerprint density at radius 1 is 1.11 bits per heavy atom. The van der Waals surface area contributed by atoms with Crippen LogP contribution in [0, 0.1) is 0 Å². The summed E-state index contributed by atoms with van der Waals surface area (Å²) in [5.41, 5.74) is 0.851. The van der Waals surface area contributed by atoms with Crippen LogP contribution < -0.4 is 14.4 Å². The van der Waals surface area contributed by atoms with Gasteiger partial charge < -0.3 is 15.0 Å². The molecule has 0 bridgehead atoms. The zero-order valence-corrected chi connectivity index (χ0v) is 22.9. The lowest BCUT2D eigenvalue weighted by molar-refractivity contribution is -0.139. The van der Waals surface area contributed by atoms with Gasteiger partial charge in [0.15, 0.2) is 0 Å². The van der Waals surface area contributed by atoms with E-state index in [1.807, 2.05) is 0 Å².